The highest BCUT2D eigenvalue weighted by Crippen LogP contribution is 2.27. The van der Waals surface area contributed by atoms with Crippen molar-refractivity contribution in [1.82, 2.24) is 9.71 Å². The first-order valence-electron chi connectivity index (χ1n) is 10.4. The minimum atomic E-state index is -1.38. The van der Waals surface area contributed by atoms with E-state index < -0.39 is 28.4 Å². The van der Waals surface area contributed by atoms with E-state index in [2.05, 4.69) is 9.71 Å². The second kappa shape index (κ2) is 13.5. The second-order valence-electron chi connectivity index (χ2n) is 7.17. The summed E-state index contributed by atoms with van der Waals surface area (Å²) in [6.07, 6.45) is 5.65. The summed E-state index contributed by atoms with van der Waals surface area (Å²) in [6, 6.07) is 17.3. The molecule has 1 aromatic heterocycles. The highest BCUT2D eigenvalue weighted by atomic mass is 33.1. The predicted molar refractivity (Wildman–Crippen MR) is 138 cm³/mol. The summed E-state index contributed by atoms with van der Waals surface area (Å²) < 4.78 is 20.4. The van der Waals surface area contributed by atoms with Crippen LogP contribution in [0.5, 0.6) is 0 Å². The third-order valence-electron chi connectivity index (χ3n) is 4.72. The van der Waals surface area contributed by atoms with Gasteiger partial charge in [0, 0.05) is 12.4 Å². The van der Waals surface area contributed by atoms with Gasteiger partial charge in [-0.15, -0.1) is 4.72 Å². The van der Waals surface area contributed by atoms with E-state index in [9.17, 15) is 14.1 Å². The number of carbonyl (C=O) groups excluding carboxylic acids is 2. The Morgan fingerprint density at radius 1 is 1.18 bits per heavy atom. The molecule has 0 aliphatic heterocycles. The maximum absolute atomic E-state index is 12.8. The second-order valence-corrected chi connectivity index (χ2v) is 11.0. The van der Waals surface area contributed by atoms with E-state index in [0.29, 0.717) is 24.3 Å². The Bertz CT molecular complexity index is 1090. The molecule has 10 heteroatoms. The zero-order valence-corrected chi connectivity index (χ0v) is 21.0. The fourth-order valence-corrected chi connectivity index (χ4v) is 5.40. The lowest BCUT2D eigenvalue weighted by Crippen LogP contribution is -2.34. The average Bonchev–Trinajstić information content (AvgIpc) is 2.86. The van der Waals surface area contributed by atoms with Gasteiger partial charge in [-0.25, -0.2) is 9.59 Å². The SMILES string of the molecule is CSCC[C@H](N)C(=O)OC(=O)c1ccc(CN[S+]([O-])Sc2cccnc2)cc1-c1ccccc1. The van der Waals surface area contributed by atoms with Gasteiger partial charge < -0.3 is 15.0 Å². The fraction of sp³-hybridized carbons (Fsp3) is 0.208. The molecule has 178 valence electrons. The molecule has 0 radical (unpaired) electrons. The van der Waals surface area contributed by atoms with Crippen LogP contribution in [0.15, 0.2) is 78.0 Å². The van der Waals surface area contributed by atoms with Crippen molar-refractivity contribution in [1.29, 1.82) is 0 Å². The molecule has 3 N–H and O–H groups in total. The van der Waals surface area contributed by atoms with Crippen LogP contribution < -0.4 is 10.5 Å². The summed E-state index contributed by atoms with van der Waals surface area (Å²) in [5, 5.41) is 0. The molecule has 0 aliphatic carbocycles. The first-order valence-corrected chi connectivity index (χ1v) is 14.3. The maximum atomic E-state index is 12.8. The molecule has 1 heterocycles. The standard InChI is InChI=1S/C24H25N3O4S3/c1-32-13-11-22(25)24(29)31-23(28)20-10-9-17(14-21(20)18-6-3-2-4-7-18)15-27-34(30)33-19-8-5-12-26-16-19/h2-10,12,14,16,22,27H,11,13,15,25H2,1H3/t22-,34?/m0/s1. The Balaban J connectivity index is 1.74. The lowest BCUT2D eigenvalue weighted by Gasteiger charge is -2.14. The first-order chi connectivity index (χ1) is 16.5. The number of pyridine rings is 1. The molecular formula is C24H25N3O4S3. The number of hydrogen-bond donors (Lipinski definition) is 2. The molecule has 2 aromatic carbocycles. The molecule has 0 amide bonds. The van der Waals surface area contributed by atoms with Crippen LogP contribution in [-0.4, -0.2) is 39.5 Å². The topological polar surface area (TPSA) is 117 Å². The van der Waals surface area contributed by atoms with E-state index in [1.165, 1.54) is 0 Å². The molecule has 0 saturated heterocycles. The molecule has 0 saturated carbocycles. The number of aromatic nitrogens is 1. The Morgan fingerprint density at radius 2 is 1.97 bits per heavy atom. The van der Waals surface area contributed by atoms with Gasteiger partial charge in [-0.2, -0.15) is 11.8 Å². The Hall–Kier alpha value is -2.34. The molecule has 3 aromatic rings. The number of thioether (sulfide) groups is 1. The average molecular weight is 516 g/mol. The normalized spacial score (nSPS) is 12.7. The third-order valence-corrected chi connectivity index (χ3v) is 7.71. The van der Waals surface area contributed by atoms with Crippen LogP contribution in [0.25, 0.3) is 11.1 Å². The van der Waals surface area contributed by atoms with Gasteiger partial charge in [0.2, 0.25) is 0 Å². The quantitative estimate of drug-likeness (QED) is 0.169. The van der Waals surface area contributed by atoms with Crippen molar-refractivity contribution in [2.24, 2.45) is 5.73 Å². The lowest BCUT2D eigenvalue weighted by molar-refractivity contribution is -0.139. The van der Waals surface area contributed by atoms with Crippen LogP contribution >= 0.6 is 22.6 Å². The summed E-state index contributed by atoms with van der Waals surface area (Å²) in [5.74, 6) is -0.799. The summed E-state index contributed by atoms with van der Waals surface area (Å²) in [4.78, 5) is 29.9. The van der Waals surface area contributed by atoms with Gasteiger partial charge in [-0.1, -0.05) is 36.4 Å². The van der Waals surface area contributed by atoms with E-state index >= 15 is 0 Å². The van der Waals surface area contributed by atoms with Crippen molar-refractivity contribution in [2.45, 2.75) is 23.9 Å². The van der Waals surface area contributed by atoms with Crippen LogP contribution in [0.1, 0.15) is 22.3 Å². The number of esters is 2. The van der Waals surface area contributed by atoms with Gasteiger partial charge >= 0.3 is 11.9 Å². The zero-order valence-electron chi connectivity index (χ0n) is 18.5. The number of hydrogen-bond acceptors (Lipinski definition) is 9. The Labute approximate surface area is 210 Å². The van der Waals surface area contributed by atoms with Crippen LogP contribution in [0.3, 0.4) is 0 Å². The van der Waals surface area contributed by atoms with E-state index in [1.54, 1.807) is 42.4 Å². The largest absolute Gasteiger partial charge is 0.586 e. The first kappa shape index (κ1) is 26.3. The van der Waals surface area contributed by atoms with Crippen molar-refractivity contribution in [3.63, 3.8) is 0 Å². The molecule has 34 heavy (non-hydrogen) atoms. The molecule has 7 nitrogen and oxygen atoms in total. The number of nitrogens with two attached hydrogens (primary N) is 1. The molecule has 3 rings (SSSR count). The highest BCUT2D eigenvalue weighted by molar-refractivity contribution is 8.71. The minimum Gasteiger partial charge on any atom is -0.586 e. The van der Waals surface area contributed by atoms with Crippen LogP contribution in [0, 0.1) is 0 Å². The van der Waals surface area contributed by atoms with Gasteiger partial charge in [0.25, 0.3) is 0 Å². The summed E-state index contributed by atoms with van der Waals surface area (Å²) in [6.45, 7) is 0.313. The number of rotatable bonds is 11. The molecule has 0 spiro atoms. The van der Waals surface area contributed by atoms with Gasteiger partial charge in [0.05, 0.1) is 17.0 Å². The molecule has 0 bridgehead atoms. The highest BCUT2D eigenvalue weighted by Gasteiger charge is 2.22. The van der Waals surface area contributed by atoms with Crippen molar-refractivity contribution < 1.29 is 18.9 Å². The lowest BCUT2D eigenvalue weighted by atomic mass is 9.97. The maximum Gasteiger partial charge on any atom is 0.346 e. The Morgan fingerprint density at radius 3 is 2.68 bits per heavy atom. The summed E-state index contributed by atoms with van der Waals surface area (Å²) in [5.41, 5.74) is 8.32. The van der Waals surface area contributed by atoms with Crippen molar-refractivity contribution >= 4 is 44.9 Å². The summed E-state index contributed by atoms with van der Waals surface area (Å²) in [7, 11) is -0.218. The molecular weight excluding hydrogens is 490 g/mol. The number of ether oxygens (including phenoxy) is 1. The zero-order chi connectivity index (χ0) is 24.3. The molecule has 2 atom stereocenters. The molecule has 1 unspecified atom stereocenters. The smallest absolute Gasteiger partial charge is 0.346 e. The third kappa shape index (κ3) is 7.86. The summed E-state index contributed by atoms with van der Waals surface area (Å²) >= 11 is 1.57. The molecule has 0 fully saturated rings. The van der Waals surface area contributed by atoms with Crippen LogP contribution in [-0.2, 0) is 26.5 Å². The van der Waals surface area contributed by atoms with Gasteiger partial charge in [-0.05, 0) is 59.4 Å². The van der Waals surface area contributed by atoms with Crippen molar-refractivity contribution in [2.75, 3.05) is 12.0 Å². The van der Waals surface area contributed by atoms with Crippen molar-refractivity contribution in [3.8, 4) is 11.1 Å². The van der Waals surface area contributed by atoms with Gasteiger partial charge in [-0.3, -0.25) is 4.98 Å². The van der Waals surface area contributed by atoms with E-state index in [0.717, 1.165) is 26.8 Å². The van der Waals surface area contributed by atoms with Crippen molar-refractivity contribution in [3.05, 3.63) is 84.2 Å². The fourth-order valence-electron chi connectivity index (χ4n) is 2.98. The predicted octanol–water partition coefficient (Wildman–Crippen LogP) is 3.97. The minimum absolute atomic E-state index is 0.256. The van der Waals surface area contributed by atoms with Crippen LogP contribution in [0.4, 0.5) is 0 Å². The van der Waals surface area contributed by atoms with Crippen LogP contribution in [0.2, 0.25) is 0 Å². The molecule has 0 aliphatic rings. The number of carbonyl (C=O) groups is 2. The number of nitrogens with zero attached hydrogens (tertiary/aromatic N) is 1. The van der Waals surface area contributed by atoms with Gasteiger partial charge in [0.15, 0.2) is 10.8 Å². The number of nitrogens with one attached hydrogen (secondary N) is 1. The monoisotopic (exact) mass is 515 g/mol. The number of benzene rings is 2. The van der Waals surface area contributed by atoms with Gasteiger partial charge in [0.1, 0.15) is 16.4 Å². The van der Waals surface area contributed by atoms with E-state index in [-0.39, 0.29) is 5.56 Å². The Kier molecular flexibility index (Phi) is 10.4. The van der Waals surface area contributed by atoms with E-state index in [1.807, 2.05) is 48.7 Å². The van der Waals surface area contributed by atoms with E-state index in [4.69, 9.17) is 10.5 Å².